The number of carbonyl (C=O) groups excluding carboxylic acids is 1. The number of furan rings is 1. The highest BCUT2D eigenvalue weighted by Gasteiger charge is 2.20. The first kappa shape index (κ1) is 20.9. The van der Waals surface area contributed by atoms with Crippen molar-refractivity contribution in [1.29, 1.82) is 0 Å². The Kier molecular flexibility index (Phi) is 5.41. The summed E-state index contributed by atoms with van der Waals surface area (Å²) in [7, 11) is 0. The van der Waals surface area contributed by atoms with Gasteiger partial charge in [0.15, 0.2) is 0 Å². The number of aryl methyl sites for hydroxylation is 1. The van der Waals surface area contributed by atoms with Gasteiger partial charge in [0.1, 0.15) is 17.2 Å². The van der Waals surface area contributed by atoms with Crippen LogP contribution in [0.4, 0.5) is 0 Å². The van der Waals surface area contributed by atoms with Gasteiger partial charge < -0.3 is 19.3 Å². The third kappa shape index (κ3) is 3.98. The van der Waals surface area contributed by atoms with Crippen LogP contribution in [0.2, 0.25) is 0 Å². The zero-order chi connectivity index (χ0) is 22.3. The van der Waals surface area contributed by atoms with Gasteiger partial charge in [0, 0.05) is 26.9 Å². The van der Waals surface area contributed by atoms with Crippen LogP contribution in [0, 0.1) is 6.92 Å². The average Bonchev–Trinajstić information content (AvgIpc) is 3.13. The van der Waals surface area contributed by atoms with Crippen LogP contribution >= 0.6 is 15.9 Å². The molecule has 1 atom stereocenters. The van der Waals surface area contributed by atoms with Crippen molar-refractivity contribution in [3.05, 3.63) is 68.7 Å². The molecule has 0 aliphatic heterocycles. The minimum atomic E-state index is -1.15. The second-order valence-electron chi connectivity index (χ2n) is 7.30. The Bertz CT molecular complexity index is 1380. The summed E-state index contributed by atoms with van der Waals surface area (Å²) in [6, 6.07) is 10.3. The number of carboxylic acids is 1. The first-order valence-corrected chi connectivity index (χ1v) is 10.3. The Morgan fingerprint density at radius 1 is 1.13 bits per heavy atom. The first-order valence-electron chi connectivity index (χ1n) is 9.50. The highest BCUT2D eigenvalue weighted by molar-refractivity contribution is 9.10. The molecule has 0 bridgehead atoms. The Balaban J connectivity index is 1.79. The van der Waals surface area contributed by atoms with Crippen molar-refractivity contribution >= 4 is 49.7 Å². The molecule has 0 aliphatic carbocycles. The molecule has 31 heavy (non-hydrogen) atoms. The normalized spacial score (nSPS) is 12.2. The molecule has 0 spiro atoms. The van der Waals surface area contributed by atoms with E-state index in [9.17, 15) is 14.4 Å². The van der Waals surface area contributed by atoms with E-state index in [1.807, 2.05) is 30.3 Å². The number of fused-ring (bicyclic) bond motifs is 2. The monoisotopic (exact) mass is 483 g/mol. The molecule has 4 aromatic rings. The van der Waals surface area contributed by atoms with Crippen LogP contribution in [-0.4, -0.2) is 23.0 Å². The highest BCUT2D eigenvalue weighted by Crippen LogP contribution is 2.35. The van der Waals surface area contributed by atoms with Crippen LogP contribution in [0.3, 0.4) is 0 Å². The topological polar surface area (TPSA) is 110 Å². The van der Waals surface area contributed by atoms with Gasteiger partial charge in [-0.25, -0.2) is 4.79 Å². The van der Waals surface area contributed by atoms with Gasteiger partial charge in [-0.1, -0.05) is 28.1 Å². The second-order valence-corrected chi connectivity index (χ2v) is 8.21. The smallest absolute Gasteiger partial charge is 0.340 e. The van der Waals surface area contributed by atoms with Gasteiger partial charge in [0.2, 0.25) is 5.91 Å². The molecule has 4 rings (SSSR count). The van der Waals surface area contributed by atoms with E-state index in [4.69, 9.17) is 13.9 Å². The molecule has 0 aliphatic rings. The van der Waals surface area contributed by atoms with Gasteiger partial charge in [-0.3, -0.25) is 9.59 Å². The Morgan fingerprint density at radius 2 is 1.84 bits per heavy atom. The number of hydrogen-bond donors (Lipinski definition) is 2. The number of aliphatic carboxylic acids is 1. The lowest BCUT2D eigenvalue weighted by Crippen LogP contribution is -2.39. The summed E-state index contributed by atoms with van der Waals surface area (Å²) in [4.78, 5) is 35.7. The van der Waals surface area contributed by atoms with Crippen molar-refractivity contribution in [3.8, 4) is 11.1 Å². The molecule has 2 N–H and O–H groups in total. The molecule has 1 unspecified atom stereocenters. The molecule has 0 saturated heterocycles. The minimum absolute atomic E-state index is 0.190. The number of halogens is 1. The fourth-order valence-corrected chi connectivity index (χ4v) is 3.75. The van der Waals surface area contributed by atoms with Crippen molar-refractivity contribution < 1.29 is 23.5 Å². The van der Waals surface area contributed by atoms with Crippen molar-refractivity contribution in [2.75, 3.05) is 0 Å². The van der Waals surface area contributed by atoms with Crippen LogP contribution in [0.25, 0.3) is 33.1 Å². The molecule has 0 fully saturated rings. The second kappa shape index (κ2) is 8.03. The van der Waals surface area contributed by atoms with Gasteiger partial charge in [0.05, 0.1) is 18.2 Å². The molecule has 7 nitrogen and oxygen atoms in total. The van der Waals surface area contributed by atoms with Gasteiger partial charge in [-0.15, -0.1) is 0 Å². The standard InChI is InChI=1S/C23H18BrNO6/c1-11-15-7-17-18(13-3-5-14(24)6-4-13)10-30-19(17)9-20(15)31-23(29)16(11)8-21(26)25-12(2)22(27)28/h3-7,9-10,12H,8H2,1-2H3,(H,25,26)(H,27,28). The average molecular weight is 484 g/mol. The maximum atomic E-state index is 12.5. The number of nitrogens with one attached hydrogen (secondary N) is 1. The molecule has 2 heterocycles. The van der Waals surface area contributed by atoms with Gasteiger partial charge in [-0.2, -0.15) is 0 Å². The van der Waals surface area contributed by atoms with E-state index in [1.165, 1.54) is 6.92 Å². The van der Waals surface area contributed by atoms with E-state index >= 15 is 0 Å². The van der Waals surface area contributed by atoms with Gasteiger partial charge >= 0.3 is 11.6 Å². The summed E-state index contributed by atoms with van der Waals surface area (Å²) in [5.74, 6) is -1.72. The van der Waals surface area contributed by atoms with Gasteiger partial charge in [-0.05, 0) is 43.2 Å². The van der Waals surface area contributed by atoms with E-state index in [0.717, 1.165) is 21.0 Å². The quantitative estimate of drug-likeness (QED) is 0.406. The van der Waals surface area contributed by atoms with E-state index in [1.54, 1.807) is 19.3 Å². The predicted octanol–water partition coefficient (Wildman–Crippen LogP) is 4.41. The number of hydrogen-bond acceptors (Lipinski definition) is 5. The van der Waals surface area contributed by atoms with Crippen LogP contribution < -0.4 is 10.9 Å². The lowest BCUT2D eigenvalue weighted by atomic mass is 9.99. The molecule has 1 amide bonds. The Hall–Kier alpha value is -3.39. The van der Waals surface area contributed by atoms with Crippen molar-refractivity contribution in [3.63, 3.8) is 0 Å². The fraction of sp³-hybridized carbons (Fsp3) is 0.174. The summed E-state index contributed by atoms with van der Waals surface area (Å²) in [6.07, 6.45) is 1.38. The lowest BCUT2D eigenvalue weighted by Gasteiger charge is -2.11. The van der Waals surface area contributed by atoms with Crippen molar-refractivity contribution in [1.82, 2.24) is 5.32 Å². The SMILES string of the molecule is Cc1c(CC(=O)NC(C)C(=O)O)c(=O)oc2cc3occ(-c4ccc(Br)cc4)c3cc12. The van der Waals surface area contributed by atoms with Crippen molar-refractivity contribution in [2.24, 2.45) is 0 Å². The summed E-state index contributed by atoms with van der Waals surface area (Å²) in [6.45, 7) is 3.10. The zero-order valence-corrected chi connectivity index (χ0v) is 18.3. The molecule has 0 radical (unpaired) electrons. The van der Waals surface area contributed by atoms with Crippen LogP contribution in [0.5, 0.6) is 0 Å². The largest absolute Gasteiger partial charge is 0.480 e. The number of carboxylic acid groups (broad SMARTS) is 1. The number of rotatable bonds is 5. The highest BCUT2D eigenvalue weighted by atomic mass is 79.9. The third-order valence-corrected chi connectivity index (χ3v) is 5.75. The number of benzene rings is 2. The van der Waals surface area contributed by atoms with Crippen molar-refractivity contribution in [2.45, 2.75) is 26.3 Å². The molecular formula is C23H18BrNO6. The Labute approximate surface area is 184 Å². The van der Waals surface area contributed by atoms with E-state index in [2.05, 4.69) is 21.2 Å². The number of carbonyl (C=O) groups is 2. The zero-order valence-electron chi connectivity index (χ0n) is 16.7. The maximum absolute atomic E-state index is 12.5. The summed E-state index contributed by atoms with van der Waals surface area (Å²) >= 11 is 3.43. The van der Waals surface area contributed by atoms with E-state index in [-0.39, 0.29) is 12.0 Å². The van der Waals surface area contributed by atoms with Gasteiger partial charge in [0.25, 0.3) is 0 Å². The molecular weight excluding hydrogens is 466 g/mol. The first-order chi connectivity index (χ1) is 14.7. The minimum Gasteiger partial charge on any atom is -0.480 e. The van der Waals surface area contributed by atoms with E-state index < -0.39 is 23.5 Å². The maximum Gasteiger partial charge on any atom is 0.340 e. The summed E-state index contributed by atoms with van der Waals surface area (Å²) < 4.78 is 12.1. The molecule has 2 aromatic heterocycles. The lowest BCUT2D eigenvalue weighted by molar-refractivity contribution is -0.141. The summed E-state index contributed by atoms with van der Waals surface area (Å²) in [5.41, 5.74) is 2.96. The van der Waals surface area contributed by atoms with Crippen LogP contribution in [0.15, 0.2) is 60.8 Å². The predicted molar refractivity (Wildman–Crippen MR) is 119 cm³/mol. The molecule has 158 valence electrons. The van der Waals surface area contributed by atoms with Crippen LogP contribution in [-0.2, 0) is 16.0 Å². The van der Waals surface area contributed by atoms with E-state index in [0.29, 0.717) is 22.1 Å². The molecule has 0 saturated carbocycles. The third-order valence-electron chi connectivity index (χ3n) is 5.22. The summed E-state index contributed by atoms with van der Waals surface area (Å²) in [5, 5.41) is 12.8. The molecule has 8 heteroatoms. The Morgan fingerprint density at radius 3 is 2.52 bits per heavy atom. The number of amides is 1. The van der Waals surface area contributed by atoms with Crippen LogP contribution in [0.1, 0.15) is 18.1 Å². The molecule has 2 aromatic carbocycles. The fourth-order valence-electron chi connectivity index (χ4n) is 3.48.